The topological polar surface area (TPSA) is 74.0 Å². The Morgan fingerprint density at radius 2 is 2.25 bits per heavy atom. The first-order valence-corrected chi connectivity index (χ1v) is 10.2. The lowest BCUT2D eigenvalue weighted by molar-refractivity contribution is -0.123. The summed E-state index contributed by atoms with van der Waals surface area (Å²) in [5.41, 5.74) is 7.98. The van der Waals surface area contributed by atoms with Crippen molar-refractivity contribution in [2.45, 2.75) is 38.8 Å². The fourth-order valence-electron chi connectivity index (χ4n) is 3.67. The molecule has 1 aromatic carbocycles. The fraction of sp³-hybridized carbons (Fsp3) is 0.545. The summed E-state index contributed by atoms with van der Waals surface area (Å²) in [5.74, 6) is 0.708. The van der Waals surface area contributed by atoms with Crippen LogP contribution in [0.4, 0.5) is 0 Å². The summed E-state index contributed by atoms with van der Waals surface area (Å²) < 4.78 is 0. The number of nitrogens with zero attached hydrogens (tertiary/aromatic N) is 3. The van der Waals surface area contributed by atoms with Gasteiger partial charge in [0.2, 0.25) is 5.91 Å². The van der Waals surface area contributed by atoms with E-state index < -0.39 is 0 Å². The summed E-state index contributed by atoms with van der Waals surface area (Å²) in [6, 6.07) is 8.60. The second kappa shape index (κ2) is 11.5. The van der Waals surface area contributed by atoms with Crippen LogP contribution in [0.5, 0.6) is 0 Å². The Hall–Kier alpha value is -2.34. The van der Waals surface area contributed by atoms with Crippen molar-refractivity contribution in [2.75, 3.05) is 33.7 Å². The number of hydrogen-bond acceptors (Lipinski definition) is 3. The van der Waals surface area contributed by atoms with Crippen LogP contribution in [-0.2, 0) is 17.9 Å². The summed E-state index contributed by atoms with van der Waals surface area (Å²) in [4.78, 5) is 20.3. The van der Waals surface area contributed by atoms with Gasteiger partial charge in [-0.15, -0.1) is 6.58 Å². The number of carbonyl (C=O) groups is 1. The SMILES string of the molecule is C=CCCCN(C)C(=NC)NCc1cccc(CN2CCCC(C(N)=O)C2)c1. The zero-order chi connectivity index (χ0) is 20.4. The molecule has 0 radical (unpaired) electrons. The number of piperidine rings is 1. The van der Waals surface area contributed by atoms with E-state index in [0.29, 0.717) is 0 Å². The van der Waals surface area contributed by atoms with Crippen LogP contribution in [0.1, 0.15) is 36.8 Å². The number of nitrogens with two attached hydrogens (primary N) is 1. The predicted molar refractivity (Wildman–Crippen MR) is 116 cm³/mol. The minimum absolute atomic E-state index is 0.0152. The molecule has 6 heteroatoms. The molecule has 154 valence electrons. The van der Waals surface area contributed by atoms with Crippen molar-refractivity contribution in [3.05, 3.63) is 48.0 Å². The number of aliphatic imine (C=N–C) groups is 1. The van der Waals surface area contributed by atoms with Gasteiger partial charge in [-0.2, -0.15) is 0 Å². The minimum Gasteiger partial charge on any atom is -0.369 e. The molecule has 1 unspecified atom stereocenters. The monoisotopic (exact) mass is 385 g/mol. The normalized spacial score (nSPS) is 17.9. The smallest absolute Gasteiger partial charge is 0.221 e. The highest BCUT2D eigenvalue weighted by molar-refractivity contribution is 5.79. The van der Waals surface area contributed by atoms with Gasteiger partial charge in [0.1, 0.15) is 0 Å². The van der Waals surface area contributed by atoms with E-state index in [1.165, 1.54) is 11.1 Å². The van der Waals surface area contributed by atoms with Gasteiger partial charge in [0.15, 0.2) is 5.96 Å². The fourth-order valence-corrected chi connectivity index (χ4v) is 3.67. The summed E-state index contributed by atoms with van der Waals surface area (Å²) in [7, 11) is 3.87. The Bertz CT molecular complexity index is 673. The number of hydrogen-bond donors (Lipinski definition) is 2. The number of unbranched alkanes of at least 4 members (excludes halogenated alkanes) is 1. The lowest BCUT2D eigenvalue weighted by Crippen LogP contribution is -2.40. The number of primary amides is 1. The zero-order valence-corrected chi connectivity index (χ0v) is 17.4. The second-order valence-electron chi connectivity index (χ2n) is 7.55. The summed E-state index contributed by atoms with van der Waals surface area (Å²) >= 11 is 0. The van der Waals surface area contributed by atoms with Gasteiger partial charge in [0.25, 0.3) is 0 Å². The molecule has 28 heavy (non-hydrogen) atoms. The first kappa shape index (κ1) is 22.0. The molecule has 1 aromatic rings. The lowest BCUT2D eigenvalue weighted by Gasteiger charge is -2.31. The summed E-state index contributed by atoms with van der Waals surface area (Å²) in [6.07, 6.45) is 5.97. The van der Waals surface area contributed by atoms with Gasteiger partial charge in [0.05, 0.1) is 5.92 Å². The molecule has 1 amide bonds. The number of nitrogens with one attached hydrogen (secondary N) is 1. The molecule has 0 bridgehead atoms. The molecule has 1 aliphatic heterocycles. The van der Waals surface area contributed by atoms with Crippen LogP contribution in [0.15, 0.2) is 41.9 Å². The third-order valence-corrected chi connectivity index (χ3v) is 5.23. The van der Waals surface area contributed by atoms with Crippen LogP contribution >= 0.6 is 0 Å². The van der Waals surface area contributed by atoms with E-state index in [2.05, 4.69) is 58.0 Å². The lowest BCUT2D eigenvalue weighted by atomic mass is 9.97. The van der Waals surface area contributed by atoms with E-state index in [0.717, 1.165) is 64.4 Å². The average molecular weight is 386 g/mol. The molecule has 1 heterocycles. The third-order valence-electron chi connectivity index (χ3n) is 5.23. The number of likely N-dealkylation sites (tertiary alicyclic amines) is 1. The van der Waals surface area contributed by atoms with E-state index in [4.69, 9.17) is 5.73 Å². The third kappa shape index (κ3) is 7.00. The number of benzene rings is 1. The van der Waals surface area contributed by atoms with Crippen LogP contribution in [0.2, 0.25) is 0 Å². The maximum absolute atomic E-state index is 11.5. The molecule has 1 aliphatic rings. The minimum atomic E-state index is -0.175. The maximum Gasteiger partial charge on any atom is 0.221 e. The number of guanidine groups is 1. The Kier molecular flexibility index (Phi) is 9.01. The molecule has 6 nitrogen and oxygen atoms in total. The standard InChI is InChI=1S/C22H35N5O/c1-4-5-6-12-26(3)22(24-2)25-15-18-9-7-10-19(14-18)16-27-13-8-11-20(17-27)21(23)28/h4,7,9-10,14,20H,1,5-6,8,11-13,15-17H2,2-3H3,(H2,23,28)(H,24,25). The highest BCUT2D eigenvalue weighted by atomic mass is 16.1. The van der Waals surface area contributed by atoms with Crippen LogP contribution in [-0.4, -0.2) is 55.4 Å². The molecule has 0 aromatic heterocycles. The average Bonchev–Trinajstić information content (AvgIpc) is 2.69. The van der Waals surface area contributed by atoms with Crippen molar-refractivity contribution < 1.29 is 4.79 Å². The molecule has 2 rings (SSSR count). The van der Waals surface area contributed by atoms with Crippen LogP contribution in [0.3, 0.4) is 0 Å². The molecule has 0 aliphatic carbocycles. The quantitative estimate of drug-likeness (QED) is 0.296. The molecule has 1 saturated heterocycles. The summed E-state index contributed by atoms with van der Waals surface area (Å²) in [5, 5.41) is 3.44. The van der Waals surface area contributed by atoms with Crippen molar-refractivity contribution in [2.24, 2.45) is 16.6 Å². The van der Waals surface area contributed by atoms with Gasteiger partial charge < -0.3 is 16.0 Å². The van der Waals surface area contributed by atoms with E-state index in [1.54, 1.807) is 0 Å². The molecule has 0 spiro atoms. The van der Waals surface area contributed by atoms with Crippen molar-refractivity contribution in [1.82, 2.24) is 15.1 Å². The number of carbonyl (C=O) groups excluding carboxylic acids is 1. The van der Waals surface area contributed by atoms with Gasteiger partial charge in [-0.1, -0.05) is 30.3 Å². The zero-order valence-electron chi connectivity index (χ0n) is 17.4. The van der Waals surface area contributed by atoms with Gasteiger partial charge in [-0.3, -0.25) is 14.7 Å². The van der Waals surface area contributed by atoms with Gasteiger partial charge in [-0.05, 0) is 43.4 Å². The Morgan fingerprint density at radius 1 is 1.46 bits per heavy atom. The highest BCUT2D eigenvalue weighted by Crippen LogP contribution is 2.18. The Morgan fingerprint density at radius 3 is 2.96 bits per heavy atom. The molecule has 1 atom stereocenters. The van der Waals surface area contributed by atoms with Crippen molar-refractivity contribution >= 4 is 11.9 Å². The first-order chi connectivity index (χ1) is 13.5. The Balaban J connectivity index is 1.88. The van der Waals surface area contributed by atoms with E-state index in [1.807, 2.05) is 13.1 Å². The number of allylic oxidation sites excluding steroid dienone is 1. The molecule has 3 N–H and O–H groups in total. The van der Waals surface area contributed by atoms with Gasteiger partial charge in [-0.25, -0.2) is 0 Å². The van der Waals surface area contributed by atoms with Crippen molar-refractivity contribution in [3.63, 3.8) is 0 Å². The Labute approximate surface area is 169 Å². The first-order valence-electron chi connectivity index (χ1n) is 10.2. The van der Waals surface area contributed by atoms with Crippen LogP contribution in [0.25, 0.3) is 0 Å². The largest absolute Gasteiger partial charge is 0.369 e. The molecule has 1 fully saturated rings. The molecular weight excluding hydrogens is 350 g/mol. The van der Waals surface area contributed by atoms with Gasteiger partial charge in [0, 0.05) is 40.3 Å². The highest BCUT2D eigenvalue weighted by Gasteiger charge is 2.23. The molecular formula is C22H35N5O. The van der Waals surface area contributed by atoms with Crippen molar-refractivity contribution in [1.29, 1.82) is 0 Å². The predicted octanol–water partition coefficient (Wildman–Crippen LogP) is 2.36. The maximum atomic E-state index is 11.5. The van der Waals surface area contributed by atoms with E-state index in [-0.39, 0.29) is 11.8 Å². The molecule has 0 saturated carbocycles. The van der Waals surface area contributed by atoms with E-state index >= 15 is 0 Å². The summed E-state index contributed by atoms with van der Waals surface area (Å²) in [6.45, 7) is 8.09. The van der Waals surface area contributed by atoms with Gasteiger partial charge >= 0.3 is 0 Å². The van der Waals surface area contributed by atoms with Crippen LogP contribution in [0, 0.1) is 5.92 Å². The second-order valence-corrected chi connectivity index (χ2v) is 7.55. The van der Waals surface area contributed by atoms with Crippen molar-refractivity contribution in [3.8, 4) is 0 Å². The van der Waals surface area contributed by atoms with E-state index in [9.17, 15) is 4.79 Å². The number of amides is 1. The number of rotatable bonds is 9. The van der Waals surface area contributed by atoms with Crippen LogP contribution < -0.4 is 11.1 Å².